The number of fused-ring (bicyclic) bond motifs is 1. The van der Waals surface area contributed by atoms with Crippen LogP contribution in [-0.4, -0.2) is 46.0 Å². The Morgan fingerprint density at radius 1 is 1.07 bits per heavy atom. The normalized spacial score (nSPS) is 14.0. The minimum atomic E-state index is -3.59. The van der Waals surface area contributed by atoms with Gasteiger partial charge in [0, 0.05) is 61.0 Å². The maximum atomic E-state index is 14.7. The topological polar surface area (TPSA) is 154 Å². The second-order valence-corrected chi connectivity index (χ2v) is 10.3. The van der Waals surface area contributed by atoms with E-state index in [0.29, 0.717) is 42.8 Å². The lowest BCUT2D eigenvalue weighted by atomic mass is 10.1. The summed E-state index contributed by atoms with van der Waals surface area (Å²) in [6, 6.07) is 15.3. The minimum Gasteiger partial charge on any atom is -0.618 e. The first-order valence-corrected chi connectivity index (χ1v) is 14.3. The first-order valence-electron chi connectivity index (χ1n) is 14.3. The molecule has 45 heavy (non-hydrogen) atoms. The number of benzene rings is 1. The number of para-hydroxylation sites is 1. The predicted molar refractivity (Wildman–Crippen MR) is 158 cm³/mol. The average molecular weight is 620 g/mol. The molecule has 0 fully saturated rings. The lowest BCUT2D eigenvalue weighted by Crippen LogP contribution is -2.42. The summed E-state index contributed by atoms with van der Waals surface area (Å²) < 4.78 is 36.4. The van der Waals surface area contributed by atoms with Gasteiger partial charge in [0.1, 0.15) is 11.8 Å². The first kappa shape index (κ1) is 31.0. The summed E-state index contributed by atoms with van der Waals surface area (Å²) in [7, 11) is 0. The van der Waals surface area contributed by atoms with Gasteiger partial charge in [-0.2, -0.15) is 13.5 Å². The Labute approximate surface area is 256 Å². The number of alkyl halides is 2. The minimum absolute atomic E-state index is 0.0611. The number of rotatable bonds is 13. The van der Waals surface area contributed by atoms with E-state index in [0.717, 1.165) is 18.0 Å². The molecule has 12 nitrogen and oxygen atoms in total. The molecule has 3 N–H and O–H groups in total. The lowest BCUT2D eigenvalue weighted by molar-refractivity contribution is -0.624. The van der Waals surface area contributed by atoms with E-state index >= 15 is 0 Å². The molecular weight excluding hydrogens is 588 g/mol. The SMILES string of the molecule is O=C(COc1ccccc1CNC(=O)C1CCc2cnc(NCC(F)(F)c3cccc[n+]3[O-])c(=O)n21)NCCc1ccccn1. The summed E-state index contributed by atoms with van der Waals surface area (Å²) >= 11 is 0. The van der Waals surface area contributed by atoms with Gasteiger partial charge in [-0.05, 0) is 37.1 Å². The van der Waals surface area contributed by atoms with Gasteiger partial charge in [0.15, 0.2) is 18.6 Å². The van der Waals surface area contributed by atoms with E-state index in [1.807, 2.05) is 18.2 Å². The number of hydrogen-bond acceptors (Lipinski definition) is 8. The zero-order chi connectivity index (χ0) is 31.8. The van der Waals surface area contributed by atoms with Crippen molar-refractivity contribution in [2.24, 2.45) is 0 Å². The molecule has 0 radical (unpaired) electrons. The first-order chi connectivity index (χ1) is 21.7. The van der Waals surface area contributed by atoms with E-state index in [4.69, 9.17) is 4.74 Å². The molecule has 0 bridgehead atoms. The fourth-order valence-electron chi connectivity index (χ4n) is 4.97. The molecule has 0 aliphatic carbocycles. The van der Waals surface area contributed by atoms with Crippen molar-refractivity contribution in [3.8, 4) is 5.75 Å². The number of nitrogens with one attached hydrogen (secondary N) is 3. The molecule has 3 aromatic heterocycles. The number of anilines is 1. The molecule has 1 unspecified atom stereocenters. The van der Waals surface area contributed by atoms with Crippen molar-refractivity contribution in [3.05, 3.63) is 117 Å². The Morgan fingerprint density at radius 2 is 1.87 bits per heavy atom. The van der Waals surface area contributed by atoms with Gasteiger partial charge in [0.05, 0.1) is 6.54 Å². The second kappa shape index (κ2) is 13.9. The summed E-state index contributed by atoms with van der Waals surface area (Å²) in [6.45, 7) is -0.802. The number of pyridine rings is 2. The number of carbonyl (C=O) groups excluding carboxylic acids is 2. The lowest BCUT2D eigenvalue weighted by Gasteiger charge is -2.18. The third kappa shape index (κ3) is 7.58. The molecule has 2 amide bonds. The van der Waals surface area contributed by atoms with Crippen molar-refractivity contribution in [3.63, 3.8) is 0 Å². The van der Waals surface area contributed by atoms with Crippen LogP contribution in [0.25, 0.3) is 0 Å². The molecule has 5 rings (SSSR count). The van der Waals surface area contributed by atoms with Crippen molar-refractivity contribution in [2.75, 3.05) is 25.0 Å². The summed E-state index contributed by atoms with van der Waals surface area (Å²) in [5.74, 6) is -4.29. The standard InChI is InChI=1S/C31H31F2N7O5/c32-31(33,26-10-4-6-16-39(26)44)20-38-28-30(43)40-23(18-36-28)11-12-24(40)29(42)37-17-21-7-1-2-9-25(21)45-19-27(41)35-15-13-22-8-3-5-14-34-22/h1-10,14,16,18,24H,11-13,15,17,19-20H2,(H,35,41)(H,36,38)(H,37,42). The highest BCUT2D eigenvalue weighted by Crippen LogP contribution is 2.27. The molecule has 1 aliphatic heterocycles. The summed E-state index contributed by atoms with van der Waals surface area (Å²) in [6.07, 6.45) is 5.32. The Balaban J connectivity index is 1.17. The van der Waals surface area contributed by atoms with E-state index < -0.39 is 35.7 Å². The zero-order valence-corrected chi connectivity index (χ0v) is 24.1. The Kier molecular flexibility index (Phi) is 9.61. The summed E-state index contributed by atoms with van der Waals surface area (Å²) in [5.41, 5.74) is 0.478. The number of carbonyl (C=O) groups is 2. The van der Waals surface area contributed by atoms with Gasteiger partial charge >= 0.3 is 5.92 Å². The largest absolute Gasteiger partial charge is 0.618 e. The van der Waals surface area contributed by atoms with Gasteiger partial charge in [0.2, 0.25) is 5.91 Å². The molecule has 0 saturated heterocycles. The van der Waals surface area contributed by atoms with Crippen LogP contribution in [-0.2, 0) is 34.9 Å². The molecule has 0 saturated carbocycles. The number of nitrogens with zero attached hydrogens (tertiary/aromatic N) is 4. The van der Waals surface area contributed by atoms with Gasteiger partial charge in [-0.25, -0.2) is 4.98 Å². The summed E-state index contributed by atoms with van der Waals surface area (Å²) in [4.78, 5) is 46.9. The quantitative estimate of drug-likeness (QED) is 0.152. The number of halogens is 2. The highest BCUT2D eigenvalue weighted by atomic mass is 19.3. The molecule has 4 aromatic rings. The third-order valence-corrected chi connectivity index (χ3v) is 7.25. The fourth-order valence-corrected chi connectivity index (χ4v) is 4.97. The number of aromatic nitrogens is 4. The number of aryl methyl sites for hydroxylation is 1. The van der Waals surface area contributed by atoms with Crippen LogP contribution in [0.15, 0.2) is 84.0 Å². The van der Waals surface area contributed by atoms with E-state index in [-0.39, 0.29) is 29.6 Å². The summed E-state index contributed by atoms with van der Waals surface area (Å²) in [5, 5.41) is 19.7. The second-order valence-electron chi connectivity index (χ2n) is 10.3. The van der Waals surface area contributed by atoms with Crippen molar-refractivity contribution >= 4 is 17.6 Å². The molecule has 234 valence electrons. The number of hydrogen-bond donors (Lipinski definition) is 3. The van der Waals surface area contributed by atoms with Gasteiger partial charge in [-0.3, -0.25) is 23.9 Å². The molecule has 0 spiro atoms. The number of amides is 2. The van der Waals surface area contributed by atoms with Crippen LogP contribution in [0.3, 0.4) is 0 Å². The van der Waals surface area contributed by atoms with Crippen LogP contribution in [0.5, 0.6) is 5.75 Å². The third-order valence-electron chi connectivity index (χ3n) is 7.25. The maximum Gasteiger partial charge on any atom is 0.347 e. The van der Waals surface area contributed by atoms with Crippen molar-refractivity contribution in [1.29, 1.82) is 0 Å². The van der Waals surface area contributed by atoms with Crippen LogP contribution in [0.4, 0.5) is 14.6 Å². The highest BCUT2D eigenvalue weighted by molar-refractivity contribution is 5.81. The monoisotopic (exact) mass is 619 g/mol. The molecule has 1 aliphatic rings. The van der Waals surface area contributed by atoms with Gasteiger partial charge < -0.3 is 25.9 Å². The van der Waals surface area contributed by atoms with Crippen LogP contribution < -0.4 is 31.0 Å². The van der Waals surface area contributed by atoms with Crippen molar-refractivity contribution in [2.45, 2.75) is 37.8 Å². The maximum absolute atomic E-state index is 14.7. The molecule has 1 aromatic carbocycles. The Hall–Kier alpha value is -5.40. The highest BCUT2D eigenvalue weighted by Gasteiger charge is 2.40. The molecular formula is C31H31F2N7O5. The van der Waals surface area contributed by atoms with Crippen LogP contribution in [0, 0.1) is 5.21 Å². The van der Waals surface area contributed by atoms with E-state index in [1.54, 1.807) is 30.5 Å². The van der Waals surface area contributed by atoms with Crippen LogP contribution in [0.1, 0.15) is 35.1 Å². The van der Waals surface area contributed by atoms with Crippen molar-refractivity contribution < 1.29 is 27.8 Å². The predicted octanol–water partition coefficient (Wildman–Crippen LogP) is 2.02. The molecule has 1 atom stereocenters. The van der Waals surface area contributed by atoms with Gasteiger partial charge in [-0.1, -0.05) is 24.3 Å². The van der Waals surface area contributed by atoms with Crippen LogP contribution in [0.2, 0.25) is 0 Å². The average Bonchev–Trinajstić information content (AvgIpc) is 3.49. The zero-order valence-electron chi connectivity index (χ0n) is 24.1. The molecule has 4 heterocycles. The van der Waals surface area contributed by atoms with Gasteiger partial charge in [0.25, 0.3) is 17.2 Å². The Bertz CT molecular complexity index is 1720. The van der Waals surface area contributed by atoms with Gasteiger partial charge in [-0.15, -0.1) is 0 Å². The van der Waals surface area contributed by atoms with Crippen LogP contribution >= 0.6 is 0 Å². The van der Waals surface area contributed by atoms with Crippen molar-refractivity contribution in [1.82, 2.24) is 25.2 Å². The van der Waals surface area contributed by atoms with E-state index in [9.17, 15) is 28.4 Å². The fraction of sp³-hybridized carbons (Fsp3) is 0.290. The smallest absolute Gasteiger partial charge is 0.347 e. The number of ether oxygens (including phenoxy) is 1. The van der Waals surface area contributed by atoms with E-state index in [2.05, 4.69) is 25.9 Å². The molecule has 14 heteroatoms. The Morgan fingerprint density at radius 3 is 2.67 bits per heavy atom. The van der Waals surface area contributed by atoms with E-state index in [1.165, 1.54) is 22.9 Å².